The van der Waals surface area contributed by atoms with Crippen molar-refractivity contribution in [2.45, 2.75) is 70.8 Å². The molecule has 0 aromatic rings. The molecule has 0 aliphatic carbocycles. The lowest BCUT2D eigenvalue weighted by atomic mass is 10.1. The topological polar surface area (TPSA) is 26.3 Å². The summed E-state index contributed by atoms with van der Waals surface area (Å²) < 4.78 is 5.39. The van der Waals surface area contributed by atoms with Gasteiger partial charge in [0.25, 0.3) is 0 Å². The summed E-state index contributed by atoms with van der Waals surface area (Å²) in [7, 11) is 0. The number of allylic oxidation sites excluding steroid dienone is 6. The van der Waals surface area contributed by atoms with E-state index in [4.69, 9.17) is 4.74 Å². The highest BCUT2D eigenvalue weighted by Gasteiger charge is 2.08. The molecular formula is C18H28O2. The molecule has 2 nitrogen and oxygen atoms in total. The van der Waals surface area contributed by atoms with E-state index < -0.39 is 0 Å². The SMILES string of the molecule is CC1CC/C=C/C=C/C=C/CCCCCCCC(=O)O1. The standard InChI is InChI=1S/C18H28O2/c1-17-15-13-11-9-7-5-3-2-4-6-8-10-12-14-16-18(19)20-17/h2-3,5,7,9,11,17H,4,6,8,10,12-16H2,1H3/b3-2+,7-5+,11-9+. The zero-order chi connectivity index (χ0) is 14.5. The fraction of sp³-hybridized carbons (Fsp3) is 0.611. The molecule has 0 aromatic heterocycles. The number of cyclic esters (lactones) is 1. The van der Waals surface area contributed by atoms with Crippen molar-refractivity contribution >= 4 is 5.97 Å². The monoisotopic (exact) mass is 276 g/mol. The van der Waals surface area contributed by atoms with E-state index in [0.29, 0.717) is 6.42 Å². The fourth-order valence-corrected chi connectivity index (χ4v) is 2.21. The Kier molecular flexibility index (Phi) is 9.64. The lowest BCUT2D eigenvalue weighted by molar-refractivity contribution is -0.148. The molecule has 0 fully saturated rings. The minimum atomic E-state index is -0.0366. The van der Waals surface area contributed by atoms with Crippen molar-refractivity contribution < 1.29 is 9.53 Å². The first kappa shape index (κ1) is 16.7. The number of carbonyl (C=O) groups is 1. The van der Waals surface area contributed by atoms with Crippen LogP contribution in [0.2, 0.25) is 0 Å². The van der Waals surface area contributed by atoms with Crippen LogP contribution in [-0.2, 0) is 9.53 Å². The zero-order valence-corrected chi connectivity index (χ0v) is 12.7. The molecule has 1 aliphatic heterocycles. The summed E-state index contributed by atoms with van der Waals surface area (Å²) in [5, 5.41) is 0. The predicted octanol–water partition coefficient (Wildman–Crippen LogP) is 5.11. The minimum absolute atomic E-state index is 0.0231. The Morgan fingerprint density at radius 3 is 2.35 bits per heavy atom. The van der Waals surface area contributed by atoms with Crippen molar-refractivity contribution in [1.29, 1.82) is 0 Å². The van der Waals surface area contributed by atoms with Crippen LogP contribution in [0.5, 0.6) is 0 Å². The van der Waals surface area contributed by atoms with Crippen LogP contribution in [-0.4, -0.2) is 12.1 Å². The Hall–Kier alpha value is -1.31. The molecule has 2 heteroatoms. The third-order valence-corrected chi connectivity index (χ3v) is 3.43. The molecule has 0 amide bonds. The van der Waals surface area contributed by atoms with E-state index in [9.17, 15) is 4.79 Å². The van der Waals surface area contributed by atoms with E-state index in [1.54, 1.807) is 0 Å². The van der Waals surface area contributed by atoms with Gasteiger partial charge in [0.05, 0.1) is 6.10 Å². The molecule has 1 unspecified atom stereocenters. The van der Waals surface area contributed by atoms with Crippen molar-refractivity contribution in [2.75, 3.05) is 0 Å². The molecule has 0 N–H and O–H groups in total. The van der Waals surface area contributed by atoms with Crippen LogP contribution >= 0.6 is 0 Å². The summed E-state index contributed by atoms with van der Waals surface area (Å²) in [6, 6.07) is 0. The molecule has 1 rings (SSSR count). The normalized spacial score (nSPS) is 28.6. The molecule has 20 heavy (non-hydrogen) atoms. The van der Waals surface area contributed by atoms with Gasteiger partial charge in [-0.3, -0.25) is 4.79 Å². The van der Waals surface area contributed by atoms with E-state index in [-0.39, 0.29) is 12.1 Å². The Morgan fingerprint density at radius 2 is 1.55 bits per heavy atom. The van der Waals surface area contributed by atoms with Gasteiger partial charge in [0.2, 0.25) is 0 Å². The smallest absolute Gasteiger partial charge is 0.306 e. The molecule has 0 radical (unpaired) electrons. The molecule has 0 saturated heterocycles. The van der Waals surface area contributed by atoms with Crippen molar-refractivity contribution in [3.05, 3.63) is 36.5 Å². The van der Waals surface area contributed by atoms with Crippen molar-refractivity contribution in [1.82, 2.24) is 0 Å². The van der Waals surface area contributed by atoms with Gasteiger partial charge in [-0.25, -0.2) is 0 Å². The largest absolute Gasteiger partial charge is 0.463 e. The number of ether oxygens (including phenoxy) is 1. The first-order valence-corrected chi connectivity index (χ1v) is 7.97. The highest BCUT2D eigenvalue weighted by molar-refractivity contribution is 5.69. The average molecular weight is 276 g/mol. The summed E-state index contributed by atoms with van der Waals surface area (Å²) >= 11 is 0. The Balaban J connectivity index is 2.39. The minimum Gasteiger partial charge on any atom is -0.463 e. The van der Waals surface area contributed by atoms with E-state index >= 15 is 0 Å². The summed E-state index contributed by atoms with van der Waals surface area (Å²) in [5.74, 6) is -0.0366. The van der Waals surface area contributed by atoms with Crippen LogP contribution in [0.4, 0.5) is 0 Å². The molecule has 0 spiro atoms. The zero-order valence-electron chi connectivity index (χ0n) is 12.7. The molecule has 0 saturated carbocycles. The highest BCUT2D eigenvalue weighted by atomic mass is 16.5. The maximum atomic E-state index is 11.6. The van der Waals surface area contributed by atoms with Gasteiger partial charge >= 0.3 is 5.97 Å². The highest BCUT2D eigenvalue weighted by Crippen LogP contribution is 2.10. The molecule has 112 valence electrons. The summed E-state index contributed by atoms with van der Waals surface area (Å²) in [5.41, 5.74) is 0. The molecule has 1 aliphatic rings. The summed E-state index contributed by atoms with van der Waals surface area (Å²) in [6.07, 6.45) is 22.0. The Bertz CT molecular complexity index is 339. The third kappa shape index (κ3) is 9.60. The number of hydrogen-bond donors (Lipinski definition) is 0. The Morgan fingerprint density at radius 1 is 0.900 bits per heavy atom. The molecule has 1 atom stereocenters. The number of carbonyl (C=O) groups excluding carboxylic acids is 1. The van der Waals surface area contributed by atoms with Crippen LogP contribution in [0.25, 0.3) is 0 Å². The van der Waals surface area contributed by atoms with E-state index in [1.165, 1.54) is 19.3 Å². The maximum Gasteiger partial charge on any atom is 0.306 e. The van der Waals surface area contributed by atoms with Gasteiger partial charge < -0.3 is 4.74 Å². The van der Waals surface area contributed by atoms with Gasteiger partial charge in [0.15, 0.2) is 0 Å². The fourth-order valence-electron chi connectivity index (χ4n) is 2.21. The summed E-state index contributed by atoms with van der Waals surface area (Å²) in [4.78, 5) is 11.6. The van der Waals surface area contributed by atoms with Gasteiger partial charge in [-0.05, 0) is 39.0 Å². The van der Waals surface area contributed by atoms with Crippen LogP contribution in [0.3, 0.4) is 0 Å². The second-order valence-corrected chi connectivity index (χ2v) is 5.43. The second kappa shape index (κ2) is 11.5. The third-order valence-electron chi connectivity index (χ3n) is 3.43. The maximum absolute atomic E-state index is 11.6. The van der Waals surface area contributed by atoms with Gasteiger partial charge in [-0.2, -0.15) is 0 Å². The first-order valence-electron chi connectivity index (χ1n) is 7.97. The van der Waals surface area contributed by atoms with E-state index in [2.05, 4.69) is 36.5 Å². The lowest BCUT2D eigenvalue weighted by Crippen LogP contribution is -2.14. The number of rotatable bonds is 0. The number of hydrogen-bond acceptors (Lipinski definition) is 2. The van der Waals surface area contributed by atoms with Crippen molar-refractivity contribution in [2.24, 2.45) is 0 Å². The number of esters is 1. The molecular weight excluding hydrogens is 248 g/mol. The van der Waals surface area contributed by atoms with E-state index in [1.807, 2.05) is 6.92 Å². The first-order chi connectivity index (χ1) is 9.79. The van der Waals surface area contributed by atoms with Crippen LogP contribution in [0, 0.1) is 0 Å². The average Bonchev–Trinajstić information content (AvgIpc) is 2.42. The van der Waals surface area contributed by atoms with Crippen LogP contribution in [0.15, 0.2) is 36.5 Å². The second-order valence-electron chi connectivity index (χ2n) is 5.43. The molecule has 1 heterocycles. The van der Waals surface area contributed by atoms with Gasteiger partial charge in [-0.15, -0.1) is 0 Å². The van der Waals surface area contributed by atoms with Crippen molar-refractivity contribution in [3.63, 3.8) is 0 Å². The van der Waals surface area contributed by atoms with Crippen molar-refractivity contribution in [3.8, 4) is 0 Å². The van der Waals surface area contributed by atoms with Crippen LogP contribution in [0.1, 0.15) is 64.7 Å². The molecule has 0 aromatic carbocycles. The Labute approximate surface area is 123 Å². The quantitative estimate of drug-likeness (QED) is 0.575. The predicted molar refractivity (Wildman–Crippen MR) is 84.5 cm³/mol. The van der Waals surface area contributed by atoms with Crippen LogP contribution < -0.4 is 0 Å². The van der Waals surface area contributed by atoms with Gasteiger partial charge in [0, 0.05) is 6.42 Å². The van der Waals surface area contributed by atoms with Gasteiger partial charge in [0.1, 0.15) is 0 Å². The molecule has 0 bridgehead atoms. The van der Waals surface area contributed by atoms with Gasteiger partial charge in [-0.1, -0.05) is 55.7 Å². The summed E-state index contributed by atoms with van der Waals surface area (Å²) in [6.45, 7) is 1.97. The van der Waals surface area contributed by atoms with E-state index in [0.717, 1.165) is 32.1 Å². The lowest BCUT2D eigenvalue weighted by Gasteiger charge is -2.12.